The van der Waals surface area contributed by atoms with Crippen LogP contribution in [0, 0.1) is 11.8 Å². The molecule has 3 unspecified atom stereocenters. The van der Waals surface area contributed by atoms with E-state index in [-0.39, 0.29) is 0 Å². The Balaban J connectivity index is 1.94. The van der Waals surface area contributed by atoms with Crippen molar-refractivity contribution < 1.29 is 5.11 Å². The molecule has 0 radical (unpaired) electrons. The fraction of sp³-hybridized carbons (Fsp3) is 0.600. The number of halogens is 1. The Hall–Kier alpha value is -0.540. The number of benzene rings is 1. The van der Waals surface area contributed by atoms with Crippen molar-refractivity contribution in [1.29, 1.82) is 0 Å². The van der Waals surface area contributed by atoms with Crippen molar-refractivity contribution in [1.82, 2.24) is 5.32 Å². The molecule has 1 saturated carbocycles. The molecule has 2 rings (SSSR count). The summed E-state index contributed by atoms with van der Waals surface area (Å²) < 4.78 is 1.02. The summed E-state index contributed by atoms with van der Waals surface area (Å²) >= 11 is 3.44. The van der Waals surface area contributed by atoms with E-state index in [0.717, 1.165) is 28.4 Å². The van der Waals surface area contributed by atoms with Crippen LogP contribution in [0.25, 0.3) is 0 Å². The van der Waals surface area contributed by atoms with Gasteiger partial charge in [0.15, 0.2) is 0 Å². The van der Waals surface area contributed by atoms with Crippen molar-refractivity contribution in [2.24, 2.45) is 11.8 Å². The van der Waals surface area contributed by atoms with E-state index in [0.29, 0.717) is 11.8 Å². The summed E-state index contributed by atoms with van der Waals surface area (Å²) in [6.45, 7) is 5.37. The monoisotopic (exact) mass is 311 g/mol. The second-order valence-corrected chi connectivity index (χ2v) is 6.28. The summed E-state index contributed by atoms with van der Waals surface area (Å²) in [4.78, 5) is 0. The van der Waals surface area contributed by atoms with E-state index >= 15 is 0 Å². The van der Waals surface area contributed by atoms with Crippen LogP contribution < -0.4 is 5.32 Å². The third-order valence-electron chi connectivity index (χ3n) is 4.35. The number of hydrogen-bond acceptors (Lipinski definition) is 2. The molecular formula is C15H22BrNO. The molecule has 0 saturated heterocycles. The lowest BCUT2D eigenvalue weighted by Gasteiger charge is -2.21. The van der Waals surface area contributed by atoms with E-state index in [4.69, 9.17) is 0 Å². The Labute approximate surface area is 118 Å². The van der Waals surface area contributed by atoms with Crippen LogP contribution in [0.3, 0.4) is 0 Å². The molecule has 0 aliphatic heterocycles. The van der Waals surface area contributed by atoms with Gasteiger partial charge in [-0.05, 0) is 42.9 Å². The zero-order chi connectivity index (χ0) is 13.1. The number of rotatable bonds is 4. The molecule has 1 aliphatic rings. The van der Waals surface area contributed by atoms with E-state index in [9.17, 15) is 5.11 Å². The van der Waals surface area contributed by atoms with Crippen LogP contribution in [0.4, 0.5) is 0 Å². The average Bonchev–Trinajstić information content (AvgIpc) is 2.71. The highest BCUT2D eigenvalue weighted by Crippen LogP contribution is 2.34. The van der Waals surface area contributed by atoms with Crippen molar-refractivity contribution >= 4 is 15.9 Å². The van der Waals surface area contributed by atoms with Gasteiger partial charge in [0.25, 0.3) is 0 Å². The summed E-state index contributed by atoms with van der Waals surface area (Å²) in [5, 5.41) is 13.4. The van der Waals surface area contributed by atoms with Gasteiger partial charge in [-0.15, -0.1) is 0 Å². The lowest BCUT2D eigenvalue weighted by atomic mass is 9.93. The highest BCUT2D eigenvalue weighted by Gasteiger charge is 2.30. The van der Waals surface area contributed by atoms with Gasteiger partial charge in [0.2, 0.25) is 0 Å². The van der Waals surface area contributed by atoms with Gasteiger partial charge in [-0.25, -0.2) is 0 Å². The largest absolute Gasteiger partial charge is 0.508 e. The van der Waals surface area contributed by atoms with Crippen LogP contribution in [0.5, 0.6) is 5.75 Å². The first-order valence-corrected chi connectivity index (χ1v) is 7.62. The van der Waals surface area contributed by atoms with Gasteiger partial charge in [0, 0.05) is 22.6 Å². The van der Waals surface area contributed by atoms with E-state index in [2.05, 4.69) is 35.1 Å². The smallest absolute Gasteiger partial charge is 0.120 e. The first kappa shape index (κ1) is 13.9. The Kier molecular flexibility index (Phi) is 4.68. The van der Waals surface area contributed by atoms with Gasteiger partial charge in [0.05, 0.1) is 0 Å². The maximum atomic E-state index is 9.81. The molecule has 1 aromatic rings. The van der Waals surface area contributed by atoms with Crippen molar-refractivity contribution in [3.63, 3.8) is 0 Å². The number of aromatic hydroxyl groups is 1. The molecule has 0 bridgehead atoms. The SMILES string of the molecule is CCC1CCC(NCc2cc(Br)ccc2O)C1C. The molecule has 1 aromatic carbocycles. The third kappa shape index (κ3) is 3.07. The summed E-state index contributed by atoms with van der Waals surface area (Å²) in [5.74, 6) is 1.98. The Morgan fingerprint density at radius 1 is 1.39 bits per heavy atom. The van der Waals surface area contributed by atoms with E-state index in [1.165, 1.54) is 19.3 Å². The standard InChI is InChI=1S/C15H22BrNO/c1-3-11-4-6-14(10(11)2)17-9-12-8-13(16)5-7-15(12)18/h5,7-8,10-11,14,17-18H,3-4,6,9H2,1-2H3. The van der Waals surface area contributed by atoms with Crippen LogP contribution >= 0.6 is 15.9 Å². The van der Waals surface area contributed by atoms with Crippen molar-refractivity contribution in [2.45, 2.75) is 45.7 Å². The quantitative estimate of drug-likeness (QED) is 0.878. The second-order valence-electron chi connectivity index (χ2n) is 5.37. The van der Waals surface area contributed by atoms with Crippen LogP contribution in [0.1, 0.15) is 38.7 Å². The number of phenolic OH excluding ortho intramolecular Hbond substituents is 1. The van der Waals surface area contributed by atoms with Gasteiger partial charge in [-0.3, -0.25) is 0 Å². The fourth-order valence-corrected chi connectivity index (χ4v) is 3.46. The van der Waals surface area contributed by atoms with Crippen LogP contribution in [-0.2, 0) is 6.54 Å². The molecule has 3 atom stereocenters. The van der Waals surface area contributed by atoms with Crippen molar-refractivity contribution in [2.75, 3.05) is 0 Å². The van der Waals surface area contributed by atoms with Gasteiger partial charge in [0.1, 0.15) is 5.75 Å². The Bertz CT molecular complexity index is 407. The van der Waals surface area contributed by atoms with Crippen LogP contribution in [-0.4, -0.2) is 11.1 Å². The first-order chi connectivity index (χ1) is 8.61. The fourth-order valence-electron chi connectivity index (χ4n) is 3.05. The topological polar surface area (TPSA) is 32.3 Å². The Morgan fingerprint density at radius 3 is 2.83 bits per heavy atom. The zero-order valence-corrected chi connectivity index (χ0v) is 12.7. The summed E-state index contributed by atoms with van der Waals surface area (Å²) in [6.07, 6.45) is 3.87. The molecule has 18 heavy (non-hydrogen) atoms. The highest BCUT2D eigenvalue weighted by atomic mass is 79.9. The highest BCUT2D eigenvalue weighted by molar-refractivity contribution is 9.10. The molecule has 1 fully saturated rings. The van der Waals surface area contributed by atoms with Crippen molar-refractivity contribution in [3.05, 3.63) is 28.2 Å². The molecule has 0 spiro atoms. The molecule has 100 valence electrons. The maximum Gasteiger partial charge on any atom is 0.120 e. The normalized spacial score (nSPS) is 27.6. The first-order valence-electron chi connectivity index (χ1n) is 6.82. The molecule has 2 nitrogen and oxygen atoms in total. The van der Waals surface area contributed by atoms with E-state index in [1.54, 1.807) is 6.07 Å². The summed E-state index contributed by atoms with van der Waals surface area (Å²) in [7, 11) is 0. The molecule has 0 aromatic heterocycles. The number of nitrogens with one attached hydrogen (secondary N) is 1. The predicted molar refractivity (Wildman–Crippen MR) is 78.6 cm³/mol. The molecule has 2 N–H and O–H groups in total. The molecule has 0 heterocycles. The van der Waals surface area contributed by atoms with Crippen LogP contribution in [0.2, 0.25) is 0 Å². The third-order valence-corrected chi connectivity index (χ3v) is 4.84. The van der Waals surface area contributed by atoms with Crippen molar-refractivity contribution in [3.8, 4) is 5.75 Å². The second kappa shape index (κ2) is 6.07. The van der Waals surface area contributed by atoms with Crippen LogP contribution in [0.15, 0.2) is 22.7 Å². The van der Waals surface area contributed by atoms with Gasteiger partial charge < -0.3 is 10.4 Å². The molecule has 0 amide bonds. The zero-order valence-electron chi connectivity index (χ0n) is 11.1. The molecule has 3 heteroatoms. The lowest BCUT2D eigenvalue weighted by Crippen LogP contribution is -2.32. The maximum absolute atomic E-state index is 9.81. The molecular weight excluding hydrogens is 290 g/mol. The minimum atomic E-state index is 0.378. The summed E-state index contributed by atoms with van der Waals surface area (Å²) in [6, 6.07) is 6.19. The predicted octanol–water partition coefficient (Wildman–Crippen LogP) is 4.07. The van der Waals surface area contributed by atoms with E-state index in [1.807, 2.05) is 12.1 Å². The van der Waals surface area contributed by atoms with Gasteiger partial charge in [-0.2, -0.15) is 0 Å². The minimum absolute atomic E-state index is 0.378. The van der Waals surface area contributed by atoms with E-state index < -0.39 is 0 Å². The van der Waals surface area contributed by atoms with Gasteiger partial charge >= 0.3 is 0 Å². The Morgan fingerprint density at radius 2 is 2.17 bits per heavy atom. The average molecular weight is 312 g/mol. The number of phenols is 1. The number of hydrogen-bond donors (Lipinski definition) is 2. The molecule has 1 aliphatic carbocycles. The summed E-state index contributed by atoms with van der Waals surface area (Å²) in [5.41, 5.74) is 0.969. The minimum Gasteiger partial charge on any atom is -0.508 e. The lowest BCUT2D eigenvalue weighted by molar-refractivity contribution is 0.342. The van der Waals surface area contributed by atoms with Gasteiger partial charge in [-0.1, -0.05) is 36.2 Å².